The molecule has 0 saturated heterocycles. The average Bonchev–Trinajstić information content (AvgIpc) is 3.96. The Kier molecular flexibility index (Phi) is 7.03. The molecule has 0 aliphatic heterocycles. The first-order valence-electron chi connectivity index (χ1n) is 19.0. The minimum Gasteiger partial charge on any atom is -0.456 e. The summed E-state index contributed by atoms with van der Waals surface area (Å²) in [6, 6.07) is 63.8. The third kappa shape index (κ3) is 5.04. The van der Waals surface area contributed by atoms with Gasteiger partial charge >= 0.3 is 0 Å². The Balaban J connectivity index is 0.990. The van der Waals surface area contributed by atoms with Gasteiger partial charge < -0.3 is 8.98 Å². The zero-order valence-corrected chi connectivity index (χ0v) is 31.2. The van der Waals surface area contributed by atoms with Crippen molar-refractivity contribution in [1.82, 2.24) is 19.5 Å². The molecule has 5 nitrogen and oxygen atoms in total. The predicted molar refractivity (Wildman–Crippen MR) is 236 cm³/mol. The monoisotopic (exact) mass is 746 g/mol. The quantitative estimate of drug-likeness (QED) is 0.176. The van der Waals surface area contributed by atoms with E-state index in [4.69, 9.17) is 19.4 Å². The highest BCUT2D eigenvalue weighted by atomic mass is 32.1. The molecule has 4 aromatic heterocycles. The van der Waals surface area contributed by atoms with Gasteiger partial charge in [0.05, 0.1) is 16.7 Å². The third-order valence-electron chi connectivity index (χ3n) is 11.1. The lowest BCUT2D eigenvalue weighted by atomic mass is 9.98. The lowest BCUT2D eigenvalue weighted by Gasteiger charge is -2.10. The van der Waals surface area contributed by atoms with E-state index >= 15 is 0 Å². The zero-order chi connectivity index (χ0) is 37.5. The van der Waals surface area contributed by atoms with Crippen LogP contribution >= 0.6 is 11.3 Å². The van der Waals surface area contributed by atoms with Gasteiger partial charge in [-0.15, -0.1) is 11.3 Å². The van der Waals surface area contributed by atoms with Crippen LogP contribution in [0.15, 0.2) is 186 Å². The van der Waals surface area contributed by atoms with Gasteiger partial charge in [0.2, 0.25) is 0 Å². The number of aromatic nitrogens is 4. The molecule has 57 heavy (non-hydrogen) atoms. The van der Waals surface area contributed by atoms with Gasteiger partial charge in [0.25, 0.3) is 0 Å². The van der Waals surface area contributed by atoms with E-state index in [0.717, 1.165) is 49.8 Å². The van der Waals surface area contributed by atoms with Crippen LogP contribution in [-0.4, -0.2) is 19.5 Å². The van der Waals surface area contributed by atoms with Crippen LogP contribution in [0.4, 0.5) is 0 Å². The van der Waals surface area contributed by atoms with Gasteiger partial charge in [-0.25, -0.2) is 15.0 Å². The number of hydrogen-bond donors (Lipinski definition) is 0. The lowest BCUT2D eigenvalue weighted by molar-refractivity contribution is 0.669. The van der Waals surface area contributed by atoms with Crippen molar-refractivity contribution in [3.05, 3.63) is 182 Å². The molecule has 0 N–H and O–H groups in total. The summed E-state index contributed by atoms with van der Waals surface area (Å²) in [4.78, 5) is 14.8. The van der Waals surface area contributed by atoms with Crippen LogP contribution in [0, 0.1) is 0 Å². The Morgan fingerprint density at radius 3 is 1.68 bits per heavy atom. The summed E-state index contributed by atoms with van der Waals surface area (Å²) in [6.45, 7) is 0. The number of nitrogens with zero attached hydrogens (tertiary/aromatic N) is 4. The summed E-state index contributed by atoms with van der Waals surface area (Å²) in [5.41, 5.74) is 10.3. The molecule has 0 radical (unpaired) electrons. The largest absolute Gasteiger partial charge is 0.456 e. The number of rotatable bonds is 5. The summed E-state index contributed by atoms with van der Waals surface area (Å²) in [5, 5.41) is 7.21. The van der Waals surface area contributed by atoms with Crippen molar-refractivity contribution in [2.45, 2.75) is 0 Å². The molecule has 6 heteroatoms. The summed E-state index contributed by atoms with van der Waals surface area (Å²) in [7, 11) is 0. The highest BCUT2D eigenvalue weighted by Crippen LogP contribution is 2.44. The number of hydrogen-bond acceptors (Lipinski definition) is 5. The van der Waals surface area contributed by atoms with E-state index in [0.29, 0.717) is 17.5 Å². The fourth-order valence-electron chi connectivity index (χ4n) is 8.49. The van der Waals surface area contributed by atoms with E-state index in [1.54, 1.807) is 0 Å². The molecule has 0 fully saturated rings. The maximum atomic E-state index is 6.60. The molecule has 4 heterocycles. The van der Waals surface area contributed by atoms with E-state index in [1.165, 1.54) is 47.7 Å². The Morgan fingerprint density at radius 1 is 0.386 bits per heavy atom. The first kappa shape index (κ1) is 31.9. The predicted octanol–water partition coefficient (Wildman–Crippen LogP) is 13.9. The van der Waals surface area contributed by atoms with Gasteiger partial charge in [-0.05, 0) is 59.7 Å². The first-order chi connectivity index (χ1) is 28.2. The molecule has 0 aliphatic carbocycles. The molecule has 0 spiro atoms. The Hall–Kier alpha value is -7.41. The van der Waals surface area contributed by atoms with Crippen molar-refractivity contribution >= 4 is 75.3 Å². The molecule has 12 rings (SSSR count). The summed E-state index contributed by atoms with van der Waals surface area (Å²) >= 11 is 1.85. The topological polar surface area (TPSA) is 56.7 Å². The third-order valence-corrected chi connectivity index (χ3v) is 12.2. The number of furan rings is 1. The highest BCUT2D eigenvalue weighted by Gasteiger charge is 2.19. The van der Waals surface area contributed by atoms with Crippen LogP contribution < -0.4 is 0 Å². The van der Waals surface area contributed by atoms with Crippen LogP contribution in [-0.2, 0) is 0 Å². The van der Waals surface area contributed by atoms with E-state index in [2.05, 4.69) is 126 Å². The highest BCUT2D eigenvalue weighted by molar-refractivity contribution is 7.26. The molecular weight excluding hydrogens is 717 g/mol. The van der Waals surface area contributed by atoms with Gasteiger partial charge in [-0.3, -0.25) is 0 Å². The van der Waals surface area contributed by atoms with Crippen LogP contribution in [0.5, 0.6) is 0 Å². The molecular formula is C51H30N4OS. The fourth-order valence-corrected chi connectivity index (χ4v) is 9.65. The second kappa shape index (κ2) is 12.6. The Labute approximate surface area is 330 Å². The normalized spacial score (nSPS) is 11.9. The van der Waals surface area contributed by atoms with Gasteiger partial charge in [-0.1, -0.05) is 133 Å². The van der Waals surface area contributed by atoms with Crippen molar-refractivity contribution in [1.29, 1.82) is 0 Å². The van der Waals surface area contributed by atoms with Crippen molar-refractivity contribution in [3.8, 4) is 51.0 Å². The van der Waals surface area contributed by atoms with Crippen LogP contribution in [0.1, 0.15) is 0 Å². The molecule has 0 unspecified atom stereocenters. The van der Waals surface area contributed by atoms with E-state index in [-0.39, 0.29) is 0 Å². The van der Waals surface area contributed by atoms with Crippen LogP contribution in [0.2, 0.25) is 0 Å². The maximum absolute atomic E-state index is 6.60. The summed E-state index contributed by atoms with van der Waals surface area (Å²) < 4.78 is 11.5. The van der Waals surface area contributed by atoms with Crippen LogP contribution in [0.3, 0.4) is 0 Å². The molecule has 266 valence electrons. The average molecular weight is 747 g/mol. The maximum Gasteiger partial charge on any atom is 0.164 e. The van der Waals surface area contributed by atoms with Gasteiger partial charge in [0.1, 0.15) is 11.2 Å². The summed E-state index contributed by atoms with van der Waals surface area (Å²) in [6.07, 6.45) is 0. The standard InChI is InChI=1S/C51H30N4OS/c1-3-13-31(14-4-1)49-52-50(32-15-5-2-6-16-32)54-51(53-49)34-26-27-38-44(29-34)56-43-23-11-19-35(47(38)43)33-25-28-39-46(30-33)57-45-24-12-22-42(48(39)45)55-40-20-9-7-17-36(40)37-18-8-10-21-41(37)55/h1-30H. The van der Waals surface area contributed by atoms with Crippen molar-refractivity contribution < 1.29 is 4.42 Å². The molecule has 0 saturated carbocycles. The van der Waals surface area contributed by atoms with E-state index < -0.39 is 0 Å². The lowest BCUT2D eigenvalue weighted by Crippen LogP contribution is -2.00. The fraction of sp³-hybridized carbons (Fsp3) is 0. The minimum atomic E-state index is 0.598. The van der Waals surface area contributed by atoms with E-state index in [1.807, 2.05) is 72.0 Å². The van der Waals surface area contributed by atoms with Crippen molar-refractivity contribution in [2.24, 2.45) is 0 Å². The zero-order valence-electron chi connectivity index (χ0n) is 30.4. The minimum absolute atomic E-state index is 0.598. The molecule has 0 aliphatic rings. The molecule has 8 aromatic carbocycles. The van der Waals surface area contributed by atoms with Gasteiger partial charge in [-0.2, -0.15) is 0 Å². The Morgan fingerprint density at radius 2 is 0.982 bits per heavy atom. The van der Waals surface area contributed by atoms with Crippen molar-refractivity contribution in [2.75, 3.05) is 0 Å². The van der Waals surface area contributed by atoms with Gasteiger partial charge in [0, 0.05) is 58.4 Å². The first-order valence-corrected chi connectivity index (χ1v) is 19.8. The molecule has 0 atom stereocenters. The van der Waals surface area contributed by atoms with Gasteiger partial charge in [0.15, 0.2) is 17.5 Å². The number of benzene rings is 8. The molecule has 0 amide bonds. The second-order valence-corrected chi connectivity index (χ2v) is 15.4. The second-order valence-electron chi connectivity index (χ2n) is 14.4. The summed E-state index contributed by atoms with van der Waals surface area (Å²) in [5.74, 6) is 1.86. The van der Waals surface area contributed by atoms with Crippen molar-refractivity contribution in [3.63, 3.8) is 0 Å². The SMILES string of the molecule is c1ccc(-c2nc(-c3ccccc3)nc(-c3ccc4c(c3)oc3cccc(-c5ccc6c(c5)sc5cccc(-n7c8ccccc8c8ccccc87)c56)c34)n2)cc1. The number of thiophene rings is 1. The van der Waals surface area contributed by atoms with Crippen LogP contribution in [0.25, 0.3) is 115 Å². The van der Waals surface area contributed by atoms with E-state index in [9.17, 15) is 0 Å². The molecule has 0 bridgehead atoms. The smallest absolute Gasteiger partial charge is 0.164 e. The number of fused-ring (bicyclic) bond motifs is 9. The number of para-hydroxylation sites is 2. The Bertz CT molecular complexity index is 3420. The molecule has 12 aromatic rings.